The number of anilines is 3. The first-order valence-corrected chi connectivity index (χ1v) is 17.4. The van der Waals surface area contributed by atoms with E-state index in [9.17, 15) is 5.48 Å². The Bertz CT molecular complexity index is 3110. The Hall–Kier alpha value is -6.96. The van der Waals surface area contributed by atoms with E-state index in [2.05, 4.69) is 42.5 Å². The Labute approximate surface area is 324 Å². The fourth-order valence-corrected chi connectivity index (χ4v) is 6.74. The first-order chi connectivity index (χ1) is 30.0. The van der Waals surface area contributed by atoms with Gasteiger partial charge in [0.05, 0.1) is 18.0 Å². The van der Waals surface area contributed by atoms with E-state index in [-0.39, 0.29) is 16.8 Å². The second kappa shape index (κ2) is 14.3. The summed E-state index contributed by atoms with van der Waals surface area (Å²) in [5.41, 5.74) is 8.13. The van der Waals surface area contributed by atoms with Crippen LogP contribution in [0.4, 0.5) is 17.1 Å². The molecule has 9 aromatic carbocycles. The molecule has 9 aromatic rings. The highest BCUT2D eigenvalue weighted by atomic mass is 15.1. The molecule has 0 aromatic heterocycles. The molecule has 0 atom stereocenters. The van der Waals surface area contributed by atoms with Crippen molar-refractivity contribution in [3.8, 4) is 55.6 Å². The van der Waals surface area contributed by atoms with Crippen molar-refractivity contribution >= 4 is 27.8 Å². The van der Waals surface area contributed by atoms with Crippen LogP contribution in [0.2, 0.25) is 0 Å². The van der Waals surface area contributed by atoms with Gasteiger partial charge in [-0.2, -0.15) is 0 Å². The highest BCUT2D eigenvalue weighted by Crippen LogP contribution is 2.42. The summed E-state index contributed by atoms with van der Waals surface area (Å²) < 4.78 is 79.4. The summed E-state index contributed by atoms with van der Waals surface area (Å²) in [6.07, 6.45) is 0. The number of para-hydroxylation sites is 1. The summed E-state index contributed by atoms with van der Waals surface area (Å²) in [6.45, 7) is 0. The molecule has 0 unspecified atom stereocenters. The first-order valence-electron chi connectivity index (χ1n) is 21.9. The van der Waals surface area contributed by atoms with Crippen molar-refractivity contribution in [1.82, 2.24) is 0 Å². The van der Waals surface area contributed by atoms with Crippen LogP contribution in [-0.4, -0.2) is 0 Å². The Kier molecular flexibility index (Phi) is 6.36. The number of hydrogen-bond acceptors (Lipinski definition) is 1. The van der Waals surface area contributed by atoms with Gasteiger partial charge in [-0.3, -0.25) is 0 Å². The van der Waals surface area contributed by atoms with Crippen molar-refractivity contribution in [3.05, 3.63) is 224 Å². The van der Waals surface area contributed by atoms with E-state index in [1.807, 2.05) is 127 Å². The highest BCUT2D eigenvalue weighted by molar-refractivity contribution is 5.90. The minimum atomic E-state index is -0.626. The van der Waals surface area contributed by atoms with Crippen LogP contribution < -0.4 is 4.90 Å². The van der Waals surface area contributed by atoms with E-state index in [0.717, 1.165) is 49.9 Å². The number of nitrogens with zero attached hydrogens (tertiary/aromatic N) is 1. The van der Waals surface area contributed by atoms with Crippen LogP contribution in [0.5, 0.6) is 0 Å². The summed E-state index contributed by atoms with van der Waals surface area (Å²) in [5.74, 6) is 0. The Morgan fingerprint density at radius 3 is 1.60 bits per heavy atom. The molecule has 9 rings (SSSR count). The molecule has 0 amide bonds. The summed E-state index contributed by atoms with van der Waals surface area (Å²) in [4.78, 5) is 1.71. The molecular weight excluding hydrogens is 639 g/mol. The summed E-state index contributed by atoms with van der Waals surface area (Å²) in [6, 6.07) is 51.4. The zero-order valence-corrected chi connectivity index (χ0v) is 28.6. The predicted octanol–water partition coefficient (Wildman–Crippen LogP) is 14.6. The molecule has 0 heterocycles. The maximum absolute atomic E-state index is 9.49. The molecule has 0 N–H and O–H groups in total. The third-order valence-electron chi connectivity index (χ3n) is 9.44. The summed E-state index contributed by atoms with van der Waals surface area (Å²) >= 11 is 0. The third kappa shape index (κ3) is 6.65. The van der Waals surface area contributed by atoms with Gasteiger partial charge in [-0.15, -0.1) is 0 Å². The van der Waals surface area contributed by atoms with Crippen molar-refractivity contribution < 1.29 is 12.3 Å². The lowest BCUT2D eigenvalue weighted by Crippen LogP contribution is -2.11. The van der Waals surface area contributed by atoms with E-state index >= 15 is 0 Å². The van der Waals surface area contributed by atoms with Gasteiger partial charge in [-0.05, 0) is 103 Å². The minimum absolute atomic E-state index is 0.0597. The zero-order chi connectivity index (χ0) is 43.2. The van der Waals surface area contributed by atoms with E-state index < -0.39 is 54.4 Å². The molecule has 0 bridgehead atoms. The predicted molar refractivity (Wildman–Crippen MR) is 226 cm³/mol. The molecule has 1 heteroatoms. The van der Waals surface area contributed by atoms with Crippen molar-refractivity contribution in [1.29, 1.82) is 0 Å². The van der Waals surface area contributed by atoms with Crippen LogP contribution in [-0.2, 0) is 0 Å². The van der Waals surface area contributed by atoms with Crippen LogP contribution in [0.1, 0.15) is 12.3 Å². The van der Waals surface area contributed by atoms with Crippen LogP contribution >= 0.6 is 0 Å². The van der Waals surface area contributed by atoms with Crippen LogP contribution in [0.25, 0.3) is 66.4 Å². The molecule has 53 heavy (non-hydrogen) atoms. The smallest absolute Gasteiger partial charge is 0.0645 e. The minimum Gasteiger partial charge on any atom is -0.310 e. The standard InChI is InChI=1S/C52H37N/c1-3-12-38(13-4-1)41-22-25-44(26-23-41)51-20-9-10-21-52(51)53(49-32-28-42(29-33-49)39-14-5-2-6-15-39)50-34-30-43(31-35-50)46-18-11-19-47(36-46)48-27-24-40-16-7-8-17-45(40)37-48/h1-37H/i2D,5D,6D,14D,15D,28D,29D,32D,33D. The molecule has 0 aliphatic rings. The summed E-state index contributed by atoms with van der Waals surface area (Å²) in [5, 5.41) is 2.33. The average Bonchev–Trinajstić information content (AvgIpc) is 3.32. The van der Waals surface area contributed by atoms with Gasteiger partial charge in [0.2, 0.25) is 0 Å². The van der Waals surface area contributed by atoms with Gasteiger partial charge >= 0.3 is 0 Å². The molecule has 0 radical (unpaired) electrons. The number of fused-ring (bicyclic) bond motifs is 1. The summed E-state index contributed by atoms with van der Waals surface area (Å²) in [7, 11) is 0. The van der Waals surface area contributed by atoms with Crippen LogP contribution in [0.15, 0.2) is 224 Å². The van der Waals surface area contributed by atoms with E-state index in [1.165, 1.54) is 5.39 Å². The van der Waals surface area contributed by atoms with Crippen LogP contribution in [0, 0.1) is 0 Å². The monoisotopic (exact) mass is 684 g/mol. The molecule has 0 spiro atoms. The fourth-order valence-electron chi connectivity index (χ4n) is 6.74. The topological polar surface area (TPSA) is 3.24 Å². The maximum Gasteiger partial charge on any atom is 0.0645 e. The van der Waals surface area contributed by atoms with Gasteiger partial charge in [-0.25, -0.2) is 0 Å². The van der Waals surface area contributed by atoms with Gasteiger partial charge < -0.3 is 4.90 Å². The van der Waals surface area contributed by atoms with Gasteiger partial charge in [0.25, 0.3) is 0 Å². The largest absolute Gasteiger partial charge is 0.310 e. The fraction of sp³-hybridized carbons (Fsp3) is 0. The molecule has 0 aliphatic heterocycles. The molecule has 1 nitrogen and oxygen atoms in total. The van der Waals surface area contributed by atoms with E-state index in [1.54, 1.807) is 4.90 Å². The number of hydrogen-bond donors (Lipinski definition) is 0. The third-order valence-corrected chi connectivity index (χ3v) is 9.44. The lowest BCUT2D eigenvalue weighted by molar-refractivity contribution is 1.28. The first kappa shape index (κ1) is 23.5. The maximum atomic E-state index is 9.49. The van der Waals surface area contributed by atoms with Gasteiger partial charge in [-0.1, -0.05) is 182 Å². The van der Waals surface area contributed by atoms with Crippen molar-refractivity contribution in [2.75, 3.05) is 4.90 Å². The molecule has 0 aliphatic carbocycles. The van der Waals surface area contributed by atoms with Gasteiger partial charge in [0.1, 0.15) is 0 Å². The zero-order valence-electron chi connectivity index (χ0n) is 37.6. The lowest BCUT2D eigenvalue weighted by atomic mass is 9.96. The Morgan fingerprint density at radius 2 is 0.830 bits per heavy atom. The SMILES string of the molecule is [2H]c1c([2H])c([2H])c(-c2c([2H])c([2H])c(N(c3ccc(-c4cccc(-c5ccc6ccccc6c5)c4)cc3)c3ccccc3-c3ccc(-c4ccccc4)cc3)c([2H])c2[2H])c([2H])c1[2H]. The molecular formula is C52H37N. The quantitative estimate of drug-likeness (QED) is 0.154. The molecule has 0 saturated carbocycles. The number of rotatable bonds is 8. The molecule has 250 valence electrons. The number of benzene rings is 9. The van der Waals surface area contributed by atoms with Crippen molar-refractivity contribution in [2.24, 2.45) is 0 Å². The molecule has 0 fully saturated rings. The van der Waals surface area contributed by atoms with E-state index in [0.29, 0.717) is 11.4 Å². The van der Waals surface area contributed by atoms with Gasteiger partial charge in [0, 0.05) is 16.9 Å². The average molecular weight is 685 g/mol. The Morgan fingerprint density at radius 1 is 0.302 bits per heavy atom. The second-order valence-corrected chi connectivity index (χ2v) is 12.7. The Balaban J connectivity index is 1.20. The molecule has 0 saturated heterocycles. The van der Waals surface area contributed by atoms with Crippen LogP contribution in [0.3, 0.4) is 0 Å². The highest BCUT2D eigenvalue weighted by Gasteiger charge is 2.18. The normalized spacial score (nSPS) is 13.4. The van der Waals surface area contributed by atoms with Crippen molar-refractivity contribution in [3.63, 3.8) is 0 Å². The second-order valence-electron chi connectivity index (χ2n) is 12.7. The van der Waals surface area contributed by atoms with E-state index in [4.69, 9.17) is 6.85 Å². The lowest BCUT2D eigenvalue weighted by Gasteiger charge is -2.28. The van der Waals surface area contributed by atoms with Crippen molar-refractivity contribution in [2.45, 2.75) is 0 Å². The van der Waals surface area contributed by atoms with Gasteiger partial charge in [0.15, 0.2) is 0 Å².